The van der Waals surface area contributed by atoms with Gasteiger partial charge in [0.1, 0.15) is 13.6 Å². The van der Waals surface area contributed by atoms with Crippen LogP contribution in [0, 0.1) is 0 Å². The first-order valence-electron chi connectivity index (χ1n) is 10.8. The fourth-order valence-electron chi connectivity index (χ4n) is 3.51. The molecule has 4 nitrogen and oxygen atoms in total. The quantitative estimate of drug-likeness (QED) is 0.213. The van der Waals surface area contributed by atoms with Crippen LogP contribution >= 0.6 is 7.82 Å². The summed E-state index contributed by atoms with van der Waals surface area (Å²) in [5.74, 6) is 0.236. The Morgan fingerprint density at radius 2 is 1.24 bits per heavy atom. The summed E-state index contributed by atoms with van der Waals surface area (Å²) >= 11 is 0. The summed E-state index contributed by atoms with van der Waals surface area (Å²) < 4.78 is 15.9. The van der Waals surface area contributed by atoms with Crippen molar-refractivity contribution in [2.24, 2.45) is 0 Å². The third-order valence-electron chi connectivity index (χ3n) is 5.02. The van der Waals surface area contributed by atoms with Crippen LogP contribution in [0.25, 0.3) is 0 Å². The molecule has 0 aliphatic heterocycles. The molecule has 0 amide bonds. The molecule has 0 N–H and O–H groups in total. The second kappa shape index (κ2) is 19.1. The molecule has 0 aliphatic rings. The van der Waals surface area contributed by atoms with Gasteiger partial charge in [-0.2, -0.15) is 0 Å². The van der Waals surface area contributed by atoms with E-state index in [0.29, 0.717) is 0 Å². The molecular formula is C22H37Li2O4P. The van der Waals surface area contributed by atoms with E-state index in [1.54, 1.807) is 12.1 Å². The zero-order valence-corrected chi connectivity index (χ0v) is 20.1. The zero-order chi connectivity index (χ0) is 20.0. The van der Waals surface area contributed by atoms with Crippen molar-refractivity contribution >= 4 is 7.82 Å². The van der Waals surface area contributed by atoms with Gasteiger partial charge >= 0.3 is 37.7 Å². The molecule has 7 heteroatoms. The van der Waals surface area contributed by atoms with Crippen LogP contribution in [0.5, 0.6) is 5.75 Å². The average molecular weight is 410 g/mol. The summed E-state index contributed by atoms with van der Waals surface area (Å²) in [4.78, 5) is 22.2. The first-order valence-corrected chi connectivity index (χ1v) is 12.3. The van der Waals surface area contributed by atoms with E-state index in [-0.39, 0.29) is 43.5 Å². The van der Waals surface area contributed by atoms with E-state index >= 15 is 0 Å². The Morgan fingerprint density at radius 1 is 0.759 bits per heavy atom. The number of hydrogen-bond acceptors (Lipinski definition) is 4. The third-order valence-corrected chi connectivity index (χ3v) is 5.44. The SMILES string of the molecule is CCCCCCCCc1cccc(OP(=O)([O-])[O-])c1CCCCCCCC.[Li+].[Li+]. The zero-order valence-electron chi connectivity index (χ0n) is 19.2. The van der Waals surface area contributed by atoms with Crippen LogP contribution in [-0.4, -0.2) is 0 Å². The number of hydrogen-bond donors (Lipinski definition) is 0. The van der Waals surface area contributed by atoms with Crippen LogP contribution in [0.15, 0.2) is 18.2 Å². The van der Waals surface area contributed by atoms with Crippen LogP contribution in [-0.2, 0) is 17.4 Å². The normalized spacial score (nSPS) is 10.9. The van der Waals surface area contributed by atoms with Gasteiger partial charge in [-0.05, 0) is 42.9 Å². The van der Waals surface area contributed by atoms with Gasteiger partial charge < -0.3 is 18.9 Å². The monoisotopic (exact) mass is 410 g/mol. The molecule has 0 saturated carbocycles. The molecule has 0 saturated heterocycles. The molecule has 1 rings (SSSR count). The predicted octanol–water partition coefficient (Wildman–Crippen LogP) is -0.292. The van der Waals surface area contributed by atoms with Crippen LogP contribution in [0.4, 0.5) is 0 Å². The van der Waals surface area contributed by atoms with E-state index in [1.807, 2.05) is 6.07 Å². The summed E-state index contributed by atoms with van der Waals surface area (Å²) in [6.07, 6.45) is 16.1. The van der Waals surface area contributed by atoms with Crippen molar-refractivity contribution in [3.63, 3.8) is 0 Å². The second-order valence-electron chi connectivity index (χ2n) is 7.47. The molecule has 0 radical (unpaired) electrons. The number of rotatable bonds is 16. The van der Waals surface area contributed by atoms with Crippen molar-refractivity contribution in [2.75, 3.05) is 0 Å². The van der Waals surface area contributed by atoms with Crippen molar-refractivity contribution in [1.29, 1.82) is 0 Å². The standard InChI is InChI=1S/C22H39O4P.2Li/c1-3-5-7-9-11-13-16-20-17-15-19-22(26-27(23,24)25)21(20)18-14-12-10-8-6-4-2;;/h15,17,19H,3-14,16,18H2,1-2H3,(H2,23,24,25);;/q;2*+1/p-2. The topological polar surface area (TPSA) is 72.4 Å². The average Bonchev–Trinajstić information content (AvgIpc) is 2.61. The molecule has 0 fully saturated rings. The maximum atomic E-state index is 11.1. The minimum absolute atomic E-state index is 0. The molecular weight excluding hydrogens is 373 g/mol. The number of aryl methyl sites for hydroxylation is 1. The second-order valence-corrected chi connectivity index (χ2v) is 8.54. The van der Waals surface area contributed by atoms with Gasteiger partial charge in [-0.25, -0.2) is 0 Å². The molecule has 0 spiro atoms. The van der Waals surface area contributed by atoms with E-state index in [1.165, 1.54) is 57.8 Å². The first kappa shape index (κ1) is 31.6. The smallest absolute Gasteiger partial charge is 0.780 e. The van der Waals surface area contributed by atoms with Gasteiger partial charge in [0.2, 0.25) is 0 Å². The van der Waals surface area contributed by atoms with Crippen molar-refractivity contribution in [3.05, 3.63) is 29.3 Å². The van der Waals surface area contributed by atoms with Gasteiger partial charge in [-0.3, -0.25) is 0 Å². The van der Waals surface area contributed by atoms with Crippen LogP contribution < -0.4 is 52.0 Å². The number of unbranched alkanes of at least 4 members (excludes halogenated alkanes) is 10. The van der Waals surface area contributed by atoms with Gasteiger partial charge in [-0.1, -0.05) is 90.2 Å². The Morgan fingerprint density at radius 3 is 1.76 bits per heavy atom. The Balaban J connectivity index is 0. The minimum Gasteiger partial charge on any atom is -0.780 e. The van der Waals surface area contributed by atoms with E-state index in [4.69, 9.17) is 4.52 Å². The fourth-order valence-corrected chi connectivity index (χ4v) is 3.92. The Kier molecular flexibility index (Phi) is 20.8. The maximum Gasteiger partial charge on any atom is 1.00 e. The molecule has 0 bridgehead atoms. The molecule has 0 unspecified atom stereocenters. The largest absolute Gasteiger partial charge is 1.00 e. The summed E-state index contributed by atoms with van der Waals surface area (Å²) in [6.45, 7) is 4.41. The summed E-state index contributed by atoms with van der Waals surface area (Å²) in [5, 5.41) is 0. The van der Waals surface area contributed by atoms with E-state index in [0.717, 1.165) is 43.2 Å². The number of benzene rings is 1. The molecule has 1 aromatic carbocycles. The van der Waals surface area contributed by atoms with Crippen LogP contribution in [0.1, 0.15) is 102 Å². The van der Waals surface area contributed by atoms with Gasteiger partial charge in [0.25, 0.3) is 0 Å². The minimum atomic E-state index is -5.03. The predicted molar refractivity (Wildman–Crippen MR) is 109 cm³/mol. The Hall–Kier alpha value is 0.365. The molecule has 156 valence electrons. The molecule has 0 aliphatic carbocycles. The molecule has 29 heavy (non-hydrogen) atoms. The van der Waals surface area contributed by atoms with E-state index in [9.17, 15) is 14.4 Å². The Bertz CT molecular complexity index is 564. The summed E-state index contributed by atoms with van der Waals surface area (Å²) in [7, 11) is -5.03. The van der Waals surface area contributed by atoms with Gasteiger partial charge in [0.05, 0.1) is 0 Å². The van der Waals surface area contributed by atoms with Gasteiger partial charge in [0.15, 0.2) is 0 Å². The van der Waals surface area contributed by atoms with Crippen molar-refractivity contribution in [3.8, 4) is 5.75 Å². The van der Waals surface area contributed by atoms with Crippen molar-refractivity contribution in [1.82, 2.24) is 0 Å². The maximum absolute atomic E-state index is 11.1. The van der Waals surface area contributed by atoms with Gasteiger partial charge in [-0.15, -0.1) is 0 Å². The van der Waals surface area contributed by atoms with Crippen molar-refractivity contribution in [2.45, 2.75) is 104 Å². The first-order chi connectivity index (χ1) is 13.0. The van der Waals surface area contributed by atoms with Crippen molar-refractivity contribution < 1.29 is 56.6 Å². The summed E-state index contributed by atoms with van der Waals surface area (Å²) in [5.41, 5.74) is 2.04. The summed E-state index contributed by atoms with van der Waals surface area (Å²) in [6, 6.07) is 5.45. The van der Waals surface area contributed by atoms with Crippen LogP contribution in [0.2, 0.25) is 0 Å². The van der Waals surface area contributed by atoms with Gasteiger partial charge in [0, 0.05) is 0 Å². The van der Waals surface area contributed by atoms with E-state index < -0.39 is 7.82 Å². The van der Waals surface area contributed by atoms with E-state index in [2.05, 4.69) is 13.8 Å². The number of phosphoric ester groups is 1. The molecule has 1 aromatic rings. The Labute approximate surface area is 202 Å². The molecule has 0 aromatic heterocycles. The molecule has 0 atom stereocenters. The number of phosphoric acid groups is 1. The van der Waals surface area contributed by atoms with Crippen LogP contribution in [0.3, 0.4) is 0 Å². The molecule has 0 heterocycles. The fraction of sp³-hybridized carbons (Fsp3) is 0.727. The third kappa shape index (κ3) is 15.8.